The summed E-state index contributed by atoms with van der Waals surface area (Å²) in [5.74, 6) is 1.68. The molecule has 246 valence electrons. The molecule has 1 aliphatic carbocycles. The van der Waals surface area contributed by atoms with Crippen molar-refractivity contribution in [2.45, 2.75) is 114 Å². The molecule has 1 aliphatic rings. The van der Waals surface area contributed by atoms with E-state index in [1.165, 1.54) is 7.05 Å². The number of rotatable bonds is 17. The number of likely N-dealkylation sites (N-methyl/N-ethyl adjacent to an activating group) is 2. The van der Waals surface area contributed by atoms with Crippen molar-refractivity contribution in [3.8, 4) is 12.3 Å². The summed E-state index contributed by atoms with van der Waals surface area (Å²) >= 11 is 0. The van der Waals surface area contributed by atoms with Crippen molar-refractivity contribution in [2.75, 3.05) is 21.1 Å². The monoisotopic (exact) mass is 614 g/mol. The lowest BCUT2D eigenvalue weighted by molar-refractivity contribution is -0.133. The topological polar surface area (TPSA) is 142 Å². The minimum absolute atomic E-state index is 0.126. The van der Waals surface area contributed by atoms with Crippen LogP contribution in [0.2, 0.25) is 0 Å². The molecule has 1 saturated carbocycles. The van der Waals surface area contributed by atoms with Gasteiger partial charge in [-0.05, 0) is 57.2 Å². The van der Waals surface area contributed by atoms with Gasteiger partial charge in [-0.15, -0.1) is 12.3 Å². The Bertz CT molecular complexity index is 1070. The number of carboxylic acid groups (broad SMARTS) is 1. The first-order chi connectivity index (χ1) is 20.8. The van der Waals surface area contributed by atoms with E-state index in [0.29, 0.717) is 31.6 Å². The van der Waals surface area contributed by atoms with Crippen LogP contribution >= 0.6 is 0 Å². The third-order valence-corrected chi connectivity index (χ3v) is 8.70. The molecule has 0 spiro atoms. The first kappa shape index (κ1) is 37.1. The molecular weight excluding hydrogens is 560 g/mol. The first-order valence-corrected chi connectivity index (χ1v) is 15.9. The normalized spacial score (nSPS) is 18.0. The molecule has 0 radical (unpaired) electrons. The molecule has 0 aliphatic heterocycles. The number of nitrogens with one attached hydrogen (secondary N) is 2. The molecule has 3 amide bonds. The Morgan fingerprint density at radius 2 is 1.64 bits per heavy atom. The number of carbonyl (C=O) groups is 3. The van der Waals surface area contributed by atoms with Gasteiger partial charge < -0.3 is 30.9 Å². The number of aliphatic hydroxyl groups is 2. The van der Waals surface area contributed by atoms with E-state index in [1.807, 2.05) is 49.1 Å². The predicted molar refractivity (Wildman–Crippen MR) is 172 cm³/mol. The lowest BCUT2D eigenvalue weighted by atomic mass is 9.82. The van der Waals surface area contributed by atoms with Crippen molar-refractivity contribution < 1.29 is 29.7 Å². The lowest BCUT2D eigenvalue weighted by Crippen LogP contribution is -2.61. The molecule has 6 atom stereocenters. The quantitative estimate of drug-likeness (QED) is 0.170. The molecule has 0 aromatic heterocycles. The zero-order chi connectivity index (χ0) is 32.8. The van der Waals surface area contributed by atoms with E-state index in [9.17, 15) is 29.7 Å². The van der Waals surface area contributed by atoms with Gasteiger partial charge in [0, 0.05) is 19.5 Å². The maximum absolute atomic E-state index is 13.8. The molecule has 10 nitrogen and oxygen atoms in total. The third-order valence-electron chi connectivity index (χ3n) is 8.70. The summed E-state index contributed by atoms with van der Waals surface area (Å²) in [6.45, 7) is 3.91. The average Bonchev–Trinajstić information content (AvgIpc) is 2.98. The van der Waals surface area contributed by atoms with Crippen molar-refractivity contribution in [3.63, 3.8) is 0 Å². The number of amides is 3. The first-order valence-electron chi connectivity index (χ1n) is 15.9. The minimum atomic E-state index is -1.27. The summed E-state index contributed by atoms with van der Waals surface area (Å²) in [6.07, 6.45) is 9.29. The van der Waals surface area contributed by atoms with Crippen LogP contribution in [0, 0.1) is 24.2 Å². The molecule has 44 heavy (non-hydrogen) atoms. The molecular formula is C34H54N4O6. The summed E-state index contributed by atoms with van der Waals surface area (Å²) in [7, 11) is 4.92. The SMILES string of the molecule is C#CCC(NC(=O)C(C(CCc1ccccc1)N(C)C)N(C)C(=O)O)C(=O)N[C@@H](CC1CCCCC1)[C@@H](O)[C@@H](O)CC(C)C. The molecule has 0 bridgehead atoms. The van der Waals surface area contributed by atoms with Crippen LogP contribution in [0.25, 0.3) is 0 Å². The highest BCUT2D eigenvalue weighted by atomic mass is 16.4. The lowest BCUT2D eigenvalue weighted by Gasteiger charge is -2.37. The zero-order valence-electron chi connectivity index (χ0n) is 27.1. The summed E-state index contributed by atoms with van der Waals surface area (Å²) < 4.78 is 0. The highest BCUT2D eigenvalue weighted by Crippen LogP contribution is 2.29. The van der Waals surface area contributed by atoms with Crippen LogP contribution in [-0.4, -0.2) is 101 Å². The zero-order valence-corrected chi connectivity index (χ0v) is 27.1. The van der Waals surface area contributed by atoms with E-state index in [2.05, 4.69) is 16.6 Å². The number of hydrogen-bond donors (Lipinski definition) is 5. The van der Waals surface area contributed by atoms with Crippen LogP contribution in [0.15, 0.2) is 30.3 Å². The van der Waals surface area contributed by atoms with E-state index in [0.717, 1.165) is 42.6 Å². The maximum Gasteiger partial charge on any atom is 0.407 e. The molecule has 0 saturated heterocycles. The van der Waals surface area contributed by atoms with Gasteiger partial charge in [-0.25, -0.2) is 4.79 Å². The number of aliphatic hydroxyl groups excluding tert-OH is 2. The van der Waals surface area contributed by atoms with Gasteiger partial charge in [-0.1, -0.05) is 76.3 Å². The molecule has 1 fully saturated rings. The van der Waals surface area contributed by atoms with Crippen molar-refractivity contribution in [3.05, 3.63) is 35.9 Å². The van der Waals surface area contributed by atoms with Gasteiger partial charge in [0.05, 0.1) is 12.1 Å². The van der Waals surface area contributed by atoms with Gasteiger partial charge in [0.25, 0.3) is 0 Å². The van der Waals surface area contributed by atoms with E-state index in [4.69, 9.17) is 6.42 Å². The second kappa shape index (κ2) is 18.6. The number of benzene rings is 1. The Morgan fingerprint density at radius 3 is 2.18 bits per heavy atom. The Hall–Kier alpha value is -3.13. The number of terminal acetylenes is 1. The van der Waals surface area contributed by atoms with Crippen LogP contribution in [0.1, 0.15) is 77.2 Å². The van der Waals surface area contributed by atoms with Gasteiger partial charge in [0.1, 0.15) is 18.2 Å². The molecule has 5 N–H and O–H groups in total. The Kier molecular flexibility index (Phi) is 15.7. The highest BCUT2D eigenvalue weighted by molar-refractivity contribution is 5.92. The van der Waals surface area contributed by atoms with Gasteiger partial charge in [-0.3, -0.25) is 14.5 Å². The number of hydrogen-bond acceptors (Lipinski definition) is 6. The van der Waals surface area contributed by atoms with Crippen LogP contribution in [0.5, 0.6) is 0 Å². The predicted octanol–water partition coefficient (Wildman–Crippen LogP) is 3.26. The second-order valence-electron chi connectivity index (χ2n) is 12.9. The van der Waals surface area contributed by atoms with Crippen molar-refractivity contribution in [1.82, 2.24) is 20.4 Å². The standard InChI is InChI=1S/C34H54N4O6/c1-7-14-26(32(41)36-27(22-25-17-12-9-13-18-25)31(40)29(39)21-23(2)3)35-33(42)30(38(6)34(43)44)28(37(4)5)20-19-24-15-10-8-11-16-24/h1,8,10-11,15-16,23,25-31,39-40H,9,12-14,17-22H2,2-6H3,(H,35,42)(H,36,41)(H,43,44)/t26?,27-,28?,29-,30?,31+/m0/s1. The van der Waals surface area contributed by atoms with Crippen LogP contribution in [0.3, 0.4) is 0 Å². The van der Waals surface area contributed by atoms with Crippen LogP contribution in [0.4, 0.5) is 4.79 Å². The summed E-state index contributed by atoms with van der Waals surface area (Å²) in [6, 6.07) is 6.22. The molecule has 10 heteroatoms. The molecule has 2 rings (SSSR count). The van der Waals surface area contributed by atoms with Gasteiger partial charge in [0.2, 0.25) is 11.8 Å². The fourth-order valence-corrected chi connectivity index (χ4v) is 6.21. The number of carbonyl (C=O) groups excluding carboxylic acids is 2. The Morgan fingerprint density at radius 1 is 1.00 bits per heavy atom. The fourth-order valence-electron chi connectivity index (χ4n) is 6.21. The van der Waals surface area contributed by atoms with Gasteiger partial charge in [0.15, 0.2) is 0 Å². The van der Waals surface area contributed by atoms with Crippen molar-refractivity contribution in [2.24, 2.45) is 11.8 Å². The van der Waals surface area contributed by atoms with Gasteiger partial charge in [-0.2, -0.15) is 0 Å². The number of nitrogens with zero attached hydrogens (tertiary/aromatic N) is 2. The summed E-state index contributed by atoms with van der Waals surface area (Å²) in [4.78, 5) is 42.4. The summed E-state index contributed by atoms with van der Waals surface area (Å²) in [5, 5.41) is 37.4. The summed E-state index contributed by atoms with van der Waals surface area (Å²) in [5.41, 5.74) is 1.06. The van der Waals surface area contributed by atoms with Crippen molar-refractivity contribution >= 4 is 17.9 Å². The second-order valence-corrected chi connectivity index (χ2v) is 12.9. The largest absolute Gasteiger partial charge is 0.465 e. The van der Waals surface area contributed by atoms with E-state index in [-0.39, 0.29) is 12.3 Å². The van der Waals surface area contributed by atoms with Crippen molar-refractivity contribution in [1.29, 1.82) is 0 Å². The van der Waals surface area contributed by atoms with E-state index in [1.54, 1.807) is 14.1 Å². The smallest absolute Gasteiger partial charge is 0.407 e. The molecule has 1 aromatic carbocycles. The third kappa shape index (κ3) is 11.8. The maximum atomic E-state index is 13.8. The highest BCUT2D eigenvalue weighted by Gasteiger charge is 2.38. The Labute approximate surface area is 263 Å². The molecule has 0 heterocycles. The number of aryl methyl sites for hydroxylation is 1. The van der Waals surface area contributed by atoms with Gasteiger partial charge >= 0.3 is 6.09 Å². The molecule has 1 aromatic rings. The fraction of sp³-hybridized carbons (Fsp3) is 0.676. The Balaban J connectivity index is 2.28. The minimum Gasteiger partial charge on any atom is -0.465 e. The average molecular weight is 615 g/mol. The van der Waals surface area contributed by atoms with Crippen LogP contribution in [-0.2, 0) is 16.0 Å². The van der Waals surface area contributed by atoms with E-state index >= 15 is 0 Å². The van der Waals surface area contributed by atoms with E-state index < -0.39 is 54.3 Å². The van der Waals surface area contributed by atoms with Crippen LogP contribution < -0.4 is 10.6 Å². The molecule has 3 unspecified atom stereocenters.